The fourth-order valence-corrected chi connectivity index (χ4v) is 5.02. The van der Waals surface area contributed by atoms with Gasteiger partial charge in [-0.1, -0.05) is 86.0 Å². The van der Waals surface area contributed by atoms with Gasteiger partial charge in [0.25, 0.3) is 6.33 Å². The molecule has 0 spiro atoms. The molecule has 5 aromatic rings. The number of rotatable bonds is 4. The van der Waals surface area contributed by atoms with E-state index in [4.69, 9.17) is 4.84 Å². The number of fused-ring (bicyclic) bond motifs is 3. The molecule has 1 aliphatic heterocycles. The number of pyridine rings is 1. The minimum atomic E-state index is -0.120. The molecule has 194 valence electrons. The number of hydrogen-bond donors (Lipinski definition) is 1. The van der Waals surface area contributed by atoms with Crippen molar-refractivity contribution in [1.29, 1.82) is 0 Å². The van der Waals surface area contributed by atoms with Crippen LogP contribution in [0.5, 0.6) is 11.5 Å². The van der Waals surface area contributed by atoms with Crippen LogP contribution in [-0.2, 0) is 31.9 Å². The molecule has 0 radical (unpaired) electrons. The first kappa shape index (κ1) is 25.9. The molecule has 3 aromatic carbocycles. The number of benzene rings is 3. The normalized spacial score (nSPS) is 14.6. The van der Waals surface area contributed by atoms with Gasteiger partial charge in [-0.05, 0) is 28.8 Å². The number of imidazole rings is 1. The number of para-hydroxylation sites is 2. The molecule has 38 heavy (non-hydrogen) atoms. The van der Waals surface area contributed by atoms with E-state index in [2.05, 4.69) is 81.3 Å². The zero-order valence-corrected chi connectivity index (χ0v) is 23.9. The van der Waals surface area contributed by atoms with Gasteiger partial charge in [-0.15, -0.1) is 18.2 Å². The maximum Gasteiger partial charge on any atom is 0.267 e. The average Bonchev–Trinajstić information content (AvgIpc) is 3.35. The second-order valence-corrected chi connectivity index (χ2v) is 10.5. The van der Waals surface area contributed by atoms with Gasteiger partial charge in [0, 0.05) is 32.7 Å². The first-order valence-corrected chi connectivity index (χ1v) is 12.4. The summed E-state index contributed by atoms with van der Waals surface area (Å²) < 4.78 is 5.65. The summed E-state index contributed by atoms with van der Waals surface area (Å²) in [7, 11) is 0. The standard InChI is InChI=1S/C32H28N3O2.Pt/c1-31(2)27-15-6-7-16-28(27)35-22-33(21-30(35)32(31,3)4)24-12-9-13-25(19-24)37-34-18-10-11-23(20-34)26-14-5-8-17-29(26)36;/h5-18,21,36H,1-4H3;/q-1;. The van der Waals surface area contributed by atoms with Gasteiger partial charge in [-0.25, -0.2) is 0 Å². The van der Waals surface area contributed by atoms with Crippen LogP contribution in [0.4, 0.5) is 0 Å². The zero-order valence-electron chi connectivity index (χ0n) is 21.7. The number of phenolic OH excluding ortho intramolecular Hbond substituents is 1. The van der Waals surface area contributed by atoms with Gasteiger partial charge < -0.3 is 9.67 Å². The van der Waals surface area contributed by atoms with Crippen molar-refractivity contribution >= 4 is 0 Å². The Morgan fingerprint density at radius 3 is 2.42 bits per heavy atom. The fourth-order valence-electron chi connectivity index (χ4n) is 5.02. The van der Waals surface area contributed by atoms with Crippen LogP contribution in [0.1, 0.15) is 39.0 Å². The largest absolute Gasteiger partial charge is 0.517 e. The molecule has 0 saturated heterocycles. The average molecular weight is 682 g/mol. The van der Waals surface area contributed by atoms with Crippen molar-refractivity contribution in [3.8, 4) is 34.0 Å². The first-order chi connectivity index (χ1) is 17.8. The van der Waals surface area contributed by atoms with Gasteiger partial charge in [0.1, 0.15) is 6.20 Å². The van der Waals surface area contributed by atoms with Gasteiger partial charge in [-0.2, -0.15) is 12.1 Å². The van der Waals surface area contributed by atoms with Gasteiger partial charge in [-0.3, -0.25) is 9.40 Å². The van der Waals surface area contributed by atoms with E-state index in [0.717, 1.165) is 16.9 Å². The number of phenols is 1. The molecule has 0 aliphatic carbocycles. The Kier molecular flexibility index (Phi) is 6.52. The predicted molar refractivity (Wildman–Crippen MR) is 140 cm³/mol. The topological polar surface area (TPSA) is 42.1 Å². The van der Waals surface area contributed by atoms with Crippen LogP contribution in [-0.4, -0.2) is 9.67 Å². The van der Waals surface area contributed by atoms with Crippen molar-refractivity contribution in [1.82, 2.24) is 4.57 Å². The molecule has 0 fully saturated rings. The quantitative estimate of drug-likeness (QED) is 0.209. The molecule has 1 N–H and O–H groups in total. The van der Waals surface area contributed by atoms with Crippen molar-refractivity contribution < 1.29 is 40.3 Å². The molecule has 0 saturated carbocycles. The van der Waals surface area contributed by atoms with E-state index >= 15 is 0 Å². The second-order valence-electron chi connectivity index (χ2n) is 10.5. The second kappa shape index (κ2) is 9.56. The number of aromatic nitrogens is 3. The third-order valence-electron chi connectivity index (χ3n) is 7.84. The number of nitrogens with zero attached hydrogens (tertiary/aromatic N) is 3. The van der Waals surface area contributed by atoms with Gasteiger partial charge >= 0.3 is 0 Å². The molecule has 1 aliphatic rings. The van der Waals surface area contributed by atoms with Crippen molar-refractivity contribution in [2.45, 2.75) is 38.5 Å². The van der Waals surface area contributed by atoms with E-state index in [1.807, 2.05) is 47.0 Å². The predicted octanol–water partition coefficient (Wildman–Crippen LogP) is 5.22. The van der Waals surface area contributed by atoms with Crippen molar-refractivity contribution in [3.63, 3.8) is 0 Å². The van der Waals surface area contributed by atoms with E-state index < -0.39 is 0 Å². The molecule has 2 aromatic heterocycles. The Balaban J connectivity index is 0.00000294. The summed E-state index contributed by atoms with van der Waals surface area (Å²) in [6.07, 6.45) is 10.6. The number of hydrogen-bond acceptors (Lipinski definition) is 2. The van der Waals surface area contributed by atoms with E-state index in [1.54, 1.807) is 18.3 Å². The summed E-state index contributed by atoms with van der Waals surface area (Å²) in [6.45, 7) is 9.20. The molecule has 3 heterocycles. The summed E-state index contributed by atoms with van der Waals surface area (Å²) in [4.78, 5) is 6.06. The van der Waals surface area contributed by atoms with Crippen molar-refractivity contribution in [2.75, 3.05) is 0 Å². The summed E-state index contributed by atoms with van der Waals surface area (Å²) in [6, 6.07) is 28.6. The van der Waals surface area contributed by atoms with Crippen molar-refractivity contribution in [2.24, 2.45) is 0 Å². The Bertz CT molecular complexity index is 1640. The molecule has 6 heteroatoms. The third-order valence-corrected chi connectivity index (χ3v) is 7.84. The van der Waals surface area contributed by atoms with Crippen LogP contribution in [0.25, 0.3) is 22.5 Å². The van der Waals surface area contributed by atoms with E-state index in [1.165, 1.54) is 16.0 Å². The molecule has 0 atom stereocenters. The molecular formula is C32H28N3O2Pt-. The monoisotopic (exact) mass is 681 g/mol. The summed E-state index contributed by atoms with van der Waals surface area (Å²) in [5.41, 5.74) is 5.71. The Morgan fingerprint density at radius 1 is 0.842 bits per heavy atom. The van der Waals surface area contributed by atoms with Crippen LogP contribution in [0.15, 0.2) is 91.3 Å². The zero-order chi connectivity index (χ0) is 25.8. The maximum absolute atomic E-state index is 10.2. The summed E-state index contributed by atoms with van der Waals surface area (Å²) in [5, 5.41) is 10.2. The van der Waals surface area contributed by atoms with E-state index in [0.29, 0.717) is 11.3 Å². The molecular weight excluding hydrogens is 653 g/mol. The van der Waals surface area contributed by atoms with Crippen LogP contribution in [0.3, 0.4) is 0 Å². The minimum Gasteiger partial charge on any atom is -0.517 e. The first-order valence-electron chi connectivity index (χ1n) is 12.4. The SMILES string of the molecule is CC1(C)c2ccccc2-[n+]2[c-]n(-c3[c-]c(O[n+]4[c-]c(-c5ccccc5O)ccc4)ccc3)cc2C1(C)C.[Pt]. The van der Waals surface area contributed by atoms with E-state index in [-0.39, 0.29) is 37.6 Å². The molecule has 6 rings (SSSR count). The van der Waals surface area contributed by atoms with Crippen LogP contribution < -0.4 is 14.1 Å². The third kappa shape index (κ3) is 4.15. The van der Waals surface area contributed by atoms with Crippen LogP contribution in [0.2, 0.25) is 0 Å². The van der Waals surface area contributed by atoms with Crippen molar-refractivity contribution in [3.05, 3.63) is 121 Å². The van der Waals surface area contributed by atoms with Gasteiger partial charge in [0.05, 0.1) is 22.9 Å². The summed E-state index contributed by atoms with van der Waals surface area (Å²) >= 11 is 0. The molecule has 0 bridgehead atoms. The smallest absolute Gasteiger partial charge is 0.267 e. The molecule has 5 nitrogen and oxygen atoms in total. The molecule has 0 amide bonds. The van der Waals surface area contributed by atoms with Gasteiger partial charge in [0.2, 0.25) is 6.20 Å². The van der Waals surface area contributed by atoms with E-state index in [9.17, 15) is 5.11 Å². The minimum absolute atomic E-state index is 0. The Hall–Kier alpha value is -3.69. The number of aromatic hydroxyl groups is 1. The van der Waals surface area contributed by atoms with Crippen LogP contribution >= 0.6 is 0 Å². The Labute approximate surface area is 237 Å². The fraction of sp³-hybridized carbons (Fsp3) is 0.188. The molecule has 0 unspecified atom stereocenters. The van der Waals surface area contributed by atoms with Crippen LogP contribution in [0, 0.1) is 18.6 Å². The van der Waals surface area contributed by atoms with Gasteiger partial charge in [0.15, 0.2) is 0 Å². The Morgan fingerprint density at radius 2 is 1.61 bits per heavy atom. The maximum atomic E-state index is 10.2. The summed E-state index contributed by atoms with van der Waals surface area (Å²) in [5.74, 6) is 0.737.